The van der Waals surface area contributed by atoms with E-state index in [0.717, 1.165) is 45.6 Å². The first-order chi connectivity index (χ1) is 9.69. The molecule has 0 aromatic rings. The highest BCUT2D eigenvalue weighted by molar-refractivity contribution is 5.76. The minimum Gasteiger partial charge on any atom is -0.381 e. The van der Waals surface area contributed by atoms with Gasteiger partial charge in [-0.2, -0.15) is 0 Å². The highest BCUT2D eigenvalue weighted by atomic mass is 16.5. The van der Waals surface area contributed by atoms with Gasteiger partial charge in [0.05, 0.1) is 0 Å². The summed E-state index contributed by atoms with van der Waals surface area (Å²) < 4.78 is 5.37. The molecule has 0 spiro atoms. The third kappa shape index (κ3) is 4.74. The molecule has 0 unspecified atom stereocenters. The molecule has 0 aromatic carbocycles. The van der Waals surface area contributed by atoms with E-state index >= 15 is 0 Å². The number of carbonyl (C=O) groups excluding carboxylic acids is 1. The molecule has 0 atom stereocenters. The zero-order valence-corrected chi connectivity index (χ0v) is 12.9. The predicted octanol–water partition coefficient (Wildman–Crippen LogP) is 2.03. The maximum atomic E-state index is 12.3. The number of rotatable bonds is 5. The van der Waals surface area contributed by atoms with Crippen LogP contribution in [-0.2, 0) is 9.53 Å². The minimum atomic E-state index is 0.327. The van der Waals surface area contributed by atoms with Crippen LogP contribution in [0.2, 0.25) is 0 Å². The van der Waals surface area contributed by atoms with Gasteiger partial charge in [0.1, 0.15) is 0 Å². The van der Waals surface area contributed by atoms with Gasteiger partial charge >= 0.3 is 0 Å². The van der Waals surface area contributed by atoms with Crippen molar-refractivity contribution in [3.8, 4) is 0 Å². The second kappa shape index (κ2) is 7.99. The molecule has 1 amide bonds. The highest BCUT2D eigenvalue weighted by Gasteiger charge is 2.24. The van der Waals surface area contributed by atoms with Gasteiger partial charge in [-0.3, -0.25) is 4.79 Å². The lowest BCUT2D eigenvalue weighted by Gasteiger charge is -2.30. The zero-order chi connectivity index (χ0) is 14.4. The molecule has 0 aromatic heterocycles. The Labute approximate surface area is 123 Å². The topological polar surface area (TPSA) is 55.6 Å². The summed E-state index contributed by atoms with van der Waals surface area (Å²) >= 11 is 0. The smallest absolute Gasteiger partial charge is 0.222 e. The van der Waals surface area contributed by atoms with Gasteiger partial charge in [0, 0.05) is 33.2 Å². The van der Waals surface area contributed by atoms with Crippen LogP contribution in [0.15, 0.2) is 0 Å². The molecule has 1 aliphatic carbocycles. The van der Waals surface area contributed by atoms with E-state index in [0.29, 0.717) is 23.7 Å². The van der Waals surface area contributed by atoms with Crippen LogP contribution in [0, 0.1) is 17.8 Å². The van der Waals surface area contributed by atoms with Gasteiger partial charge in [-0.05, 0) is 62.8 Å². The van der Waals surface area contributed by atoms with Gasteiger partial charge in [-0.15, -0.1) is 0 Å². The number of nitrogens with zero attached hydrogens (tertiary/aromatic N) is 1. The molecule has 2 aliphatic rings. The van der Waals surface area contributed by atoms with Crippen molar-refractivity contribution in [1.29, 1.82) is 0 Å². The fraction of sp³-hybridized carbons (Fsp3) is 0.938. The molecule has 2 fully saturated rings. The van der Waals surface area contributed by atoms with Crippen LogP contribution in [-0.4, -0.2) is 44.2 Å². The van der Waals surface area contributed by atoms with Crippen molar-refractivity contribution in [2.24, 2.45) is 23.5 Å². The average molecular weight is 282 g/mol. The van der Waals surface area contributed by atoms with Crippen molar-refractivity contribution >= 4 is 5.91 Å². The summed E-state index contributed by atoms with van der Waals surface area (Å²) in [6.45, 7) is 3.43. The summed E-state index contributed by atoms with van der Waals surface area (Å²) in [4.78, 5) is 14.3. The van der Waals surface area contributed by atoms with Crippen LogP contribution in [0.1, 0.15) is 44.9 Å². The fourth-order valence-corrected chi connectivity index (χ4v) is 3.49. The molecule has 0 bridgehead atoms. The van der Waals surface area contributed by atoms with E-state index in [2.05, 4.69) is 0 Å². The SMILES string of the molecule is CN(CC1CCOCC1)C(=O)CC1CCC(CN)CC1. The lowest BCUT2D eigenvalue weighted by Crippen LogP contribution is -2.35. The predicted molar refractivity (Wildman–Crippen MR) is 80.3 cm³/mol. The molecule has 1 saturated heterocycles. The number of carbonyl (C=O) groups is 1. The number of hydrogen-bond acceptors (Lipinski definition) is 3. The Kier molecular flexibility index (Phi) is 6.30. The largest absolute Gasteiger partial charge is 0.381 e. The first kappa shape index (κ1) is 15.8. The molecule has 0 radical (unpaired) electrons. The van der Waals surface area contributed by atoms with Crippen LogP contribution < -0.4 is 5.73 Å². The lowest BCUT2D eigenvalue weighted by molar-refractivity contribution is -0.132. The summed E-state index contributed by atoms with van der Waals surface area (Å²) in [6.07, 6.45) is 7.70. The Hall–Kier alpha value is -0.610. The minimum absolute atomic E-state index is 0.327. The molecule has 4 heteroatoms. The van der Waals surface area contributed by atoms with E-state index < -0.39 is 0 Å². The molecule has 2 rings (SSSR count). The summed E-state index contributed by atoms with van der Waals surface area (Å²) in [7, 11) is 1.96. The van der Waals surface area contributed by atoms with Crippen molar-refractivity contribution in [3.05, 3.63) is 0 Å². The van der Waals surface area contributed by atoms with Crippen LogP contribution >= 0.6 is 0 Å². The van der Waals surface area contributed by atoms with E-state index in [4.69, 9.17) is 10.5 Å². The molecular formula is C16H30N2O2. The fourth-order valence-electron chi connectivity index (χ4n) is 3.49. The lowest BCUT2D eigenvalue weighted by atomic mass is 9.80. The molecule has 2 N–H and O–H groups in total. The van der Waals surface area contributed by atoms with E-state index in [1.54, 1.807) is 0 Å². The summed E-state index contributed by atoms with van der Waals surface area (Å²) in [5, 5.41) is 0. The second-order valence-corrected chi connectivity index (χ2v) is 6.66. The monoisotopic (exact) mass is 282 g/mol. The van der Waals surface area contributed by atoms with E-state index in [9.17, 15) is 4.79 Å². The van der Waals surface area contributed by atoms with Crippen LogP contribution in [0.5, 0.6) is 0 Å². The third-order valence-corrected chi connectivity index (χ3v) is 5.06. The third-order valence-electron chi connectivity index (χ3n) is 5.06. The number of hydrogen-bond donors (Lipinski definition) is 1. The normalized spacial score (nSPS) is 28.3. The van der Waals surface area contributed by atoms with E-state index in [1.165, 1.54) is 25.7 Å². The van der Waals surface area contributed by atoms with Crippen molar-refractivity contribution in [3.63, 3.8) is 0 Å². The molecular weight excluding hydrogens is 252 g/mol. The average Bonchev–Trinajstić information content (AvgIpc) is 2.49. The van der Waals surface area contributed by atoms with Gasteiger partial charge < -0.3 is 15.4 Å². The quantitative estimate of drug-likeness (QED) is 0.839. The standard InChI is InChI=1S/C16H30N2O2/c1-18(12-15-6-8-20-9-7-15)16(19)10-13-2-4-14(11-17)5-3-13/h13-15H,2-12,17H2,1H3. The Morgan fingerprint density at radius 2 is 1.65 bits per heavy atom. The van der Waals surface area contributed by atoms with Crippen molar-refractivity contribution in [2.75, 3.05) is 33.4 Å². The van der Waals surface area contributed by atoms with Gasteiger partial charge in [0.2, 0.25) is 5.91 Å². The number of amides is 1. The number of ether oxygens (including phenoxy) is 1. The first-order valence-corrected chi connectivity index (χ1v) is 8.20. The van der Waals surface area contributed by atoms with Gasteiger partial charge in [0.15, 0.2) is 0 Å². The van der Waals surface area contributed by atoms with Crippen LogP contribution in [0.25, 0.3) is 0 Å². The molecule has 116 valence electrons. The summed E-state index contributed by atoms with van der Waals surface area (Å²) in [6, 6.07) is 0. The second-order valence-electron chi connectivity index (χ2n) is 6.66. The van der Waals surface area contributed by atoms with Crippen molar-refractivity contribution in [1.82, 2.24) is 4.90 Å². The van der Waals surface area contributed by atoms with E-state index in [-0.39, 0.29) is 0 Å². The molecule has 20 heavy (non-hydrogen) atoms. The van der Waals surface area contributed by atoms with Gasteiger partial charge in [0.25, 0.3) is 0 Å². The molecule has 1 aliphatic heterocycles. The van der Waals surface area contributed by atoms with Crippen molar-refractivity contribution < 1.29 is 9.53 Å². The van der Waals surface area contributed by atoms with Gasteiger partial charge in [-0.1, -0.05) is 0 Å². The Morgan fingerprint density at radius 3 is 2.25 bits per heavy atom. The van der Waals surface area contributed by atoms with Crippen molar-refractivity contribution in [2.45, 2.75) is 44.9 Å². The number of nitrogens with two attached hydrogens (primary N) is 1. The zero-order valence-electron chi connectivity index (χ0n) is 12.9. The Bertz CT molecular complexity index is 295. The Balaban J connectivity index is 1.68. The van der Waals surface area contributed by atoms with Crippen LogP contribution in [0.3, 0.4) is 0 Å². The molecule has 1 heterocycles. The summed E-state index contributed by atoms with van der Waals surface area (Å²) in [5.41, 5.74) is 5.72. The maximum Gasteiger partial charge on any atom is 0.222 e. The molecule has 1 saturated carbocycles. The first-order valence-electron chi connectivity index (χ1n) is 8.20. The Morgan fingerprint density at radius 1 is 1.05 bits per heavy atom. The summed E-state index contributed by atoms with van der Waals surface area (Å²) in [5.74, 6) is 2.24. The van der Waals surface area contributed by atoms with E-state index in [1.807, 2.05) is 11.9 Å². The van der Waals surface area contributed by atoms with Gasteiger partial charge in [-0.25, -0.2) is 0 Å². The maximum absolute atomic E-state index is 12.3. The highest BCUT2D eigenvalue weighted by Crippen LogP contribution is 2.30. The molecule has 4 nitrogen and oxygen atoms in total. The van der Waals surface area contributed by atoms with Crippen LogP contribution in [0.4, 0.5) is 0 Å².